The van der Waals surface area contributed by atoms with Crippen LogP contribution in [0.15, 0.2) is 43.0 Å². The van der Waals surface area contributed by atoms with E-state index in [1.54, 1.807) is 0 Å². The number of carbonyl (C=O) groups excluding carboxylic acids is 2. The first-order valence-corrected chi connectivity index (χ1v) is 7.21. The highest BCUT2D eigenvalue weighted by Crippen LogP contribution is 2.13. The zero-order valence-corrected chi connectivity index (χ0v) is 13.7. The van der Waals surface area contributed by atoms with Gasteiger partial charge in [-0.05, 0) is 12.0 Å². The molecule has 0 aliphatic rings. The van der Waals surface area contributed by atoms with Crippen LogP contribution in [0, 0.1) is 0 Å². The van der Waals surface area contributed by atoms with Crippen LogP contribution in [0.3, 0.4) is 0 Å². The molecule has 0 aliphatic heterocycles. The van der Waals surface area contributed by atoms with Gasteiger partial charge in [-0.25, -0.2) is 4.79 Å². The highest BCUT2D eigenvalue weighted by atomic mass is 19.4. The van der Waals surface area contributed by atoms with E-state index >= 15 is 0 Å². The molecule has 0 radical (unpaired) electrons. The number of benzene rings is 1. The molecule has 1 amide bonds. The summed E-state index contributed by atoms with van der Waals surface area (Å²) in [6.45, 7) is 3.36. The van der Waals surface area contributed by atoms with Gasteiger partial charge in [-0.1, -0.05) is 43.0 Å². The molecule has 0 fully saturated rings. The maximum Gasteiger partial charge on any atom is 0.490 e. The predicted octanol–water partition coefficient (Wildman–Crippen LogP) is 1.04. The summed E-state index contributed by atoms with van der Waals surface area (Å²) in [4.78, 5) is 31.7. The number of amides is 1. The largest absolute Gasteiger partial charge is 0.490 e. The highest BCUT2D eigenvalue weighted by Gasteiger charge is 2.38. The summed E-state index contributed by atoms with van der Waals surface area (Å²) in [7, 11) is 0. The number of carboxylic acid groups (broad SMARTS) is 1. The summed E-state index contributed by atoms with van der Waals surface area (Å²) >= 11 is 0. The highest BCUT2D eigenvalue weighted by molar-refractivity contribution is 5.85. The molecule has 0 saturated heterocycles. The second kappa shape index (κ2) is 11.6. The van der Waals surface area contributed by atoms with Crippen LogP contribution in [0.25, 0.3) is 0 Å². The second-order valence-electron chi connectivity index (χ2n) is 4.79. The molecule has 0 spiro atoms. The third-order valence-corrected chi connectivity index (χ3v) is 2.65. The normalized spacial score (nSPS) is 11.4. The quantitative estimate of drug-likeness (QED) is 0.483. The Bertz CT molecular complexity index is 606. The predicted molar refractivity (Wildman–Crippen MR) is 86.0 cm³/mol. The summed E-state index contributed by atoms with van der Waals surface area (Å²) in [5.41, 5.74) is 6.73. The van der Waals surface area contributed by atoms with Crippen molar-refractivity contribution in [2.75, 3.05) is 13.2 Å². The molecular formula is C16H19F3N2O5. The fraction of sp³-hybridized carbons (Fsp3) is 0.312. The SMILES string of the molecule is C=CCOC(=O)CNC(=O)[C@@H](N)Cc1ccccc1.O=C(O)C(F)(F)F. The van der Waals surface area contributed by atoms with E-state index in [-0.39, 0.29) is 19.1 Å². The van der Waals surface area contributed by atoms with Gasteiger partial charge in [0.05, 0.1) is 6.04 Å². The van der Waals surface area contributed by atoms with Crippen molar-refractivity contribution in [3.63, 3.8) is 0 Å². The first-order valence-electron chi connectivity index (χ1n) is 7.21. The van der Waals surface area contributed by atoms with Gasteiger partial charge in [-0.3, -0.25) is 9.59 Å². The Hall–Kier alpha value is -2.88. The summed E-state index contributed by atoms with van der Waals surface area (Å²) in [6, 6.07) is 8.76. The topological polar surface area (TPSA) is 119 Å². The molecule has 0 aliphatic carbocycles. The van der Waals surface area contributed by atoms with E-state index in [4.69, 9.17) is 20.4 Å². The third-order valence-electron chi connectivity index (χ3n) is 2.65. The molecule has 26 heavy (non-hydrogen) atoms. The molecule has 7 nitrogen and oxygen atoms in total. The average Bonchev–Trinajstić information content (AvgIpc) is 2.58. The van der Waals surface area contributed by atoms with Crippen molar-refractivity contribution in [3.8, 4) is 0 Å². The summed E-state index contributed by atoms with van der Waals surface area (Å²) in [6.07, 6.45) is -3.20. The van der Waals surface area contributed by atoms with E-state index in [9.17, 15) is 22.8 Å². The van der Waals surface area contributed by atoms with Crippen LogP contribution in [0.2, 0.25) is 0 Å². The molecule has 4 N–H and O–H groups in total. The number of hydrogen-bond acceptors (Lipinski definition) is 5. The van der Waals surface area contributed by atoms with Crippen molar-refractivity contribution in [3.05, 3.63) is 48.6 Å². The number of carbonyl (C=O) groups is 3. The zero-order chi connectivity index (χ0) is 20.2. The number of aliphatic carboxylic acids is 1. The van der Waals surface area contributed by atoms with E-state index < -0.39 is 24.2 Å². The zero-order valence-electron chi connectivity index (χ0n) is 13.7. The molecule has 1 atom stereocenters. The van der Waals surface area contributed by atoms with E-state index in [2.05, 4.69) is 11.9 Å². The first-order chi connectivity index (χ1) is 12.1. The van der Waals surface area contributed by atoms with Gasteiger partial charge in [0.25, 0.3) is 0 Å². The maximum atomic E-state index is 11.7. The Morgan fingerprint density at radius 3 is 2.27 bits per heavy atom. The van der Waals surface area contributed by atoms with Crippen LogP contribution < -0.4 is 11.1 Å². The van der Waals surface area contributed by atoms with Crippen LogP contribution in [0.5, 0.6) is 0 Å². The van der Waals surface area contributed by atoms with Crippen molar-refractivity contribution in [2.45, 2.75) is 18.6 Å². The number of alkyl halides is 3. The third kappa shape index (κ3) is 10.8. The van der Waals surface area contributed by atoms with Crippen molar-refractivity contribution in [1.82, 2.24) is 5.32 Å². The molecule has 0 bridgehead atoms. The molecule has 1 aromatic carbocycles. The monoisotopic (exact) mass is 376 g/mol. The Morgan fingerprint density at radius 1 is 1.27 bits per heavy atom. The van der Waals surface area contributed by atoms with E-state index in [1.165, 1.54) is 6.08 Å². The minimum atomic E-state index is -5.08. The van der Waals surface area contributed by atoms with Crippen molar-refractivity contribution in [2.24, 2.45) is 5.73 Å². The number of rotatable bonds is 7. The molecule has 0 unspecified atom stereocenters. The molecule has 10 heteroatoms. The van der Waals surface area contributed by atoms with Crippen molar-refractivity contribution >= 4 is 17.8 Å². The maximum absolute atomic E-state index is 11.7. The number of esters is 1. The lowest BCUT2D eigenvalue weighted by atomic mass is 10.1. The van der Waals surface area contributed by atoms with Crippen molar-refractivity contribution < 1.29 is 37.4 Å². The number of carboxylic acids is 1. The van der Waals surface area contributed by atoms with Crippen LogP contribution >= 0.6 is 0 Å². The lowest BCUT2D eigenvalue weighted by molar-refractivity contribution is -0.192. The van der Waals surface area contributed by atoms with E-state index in [0.717, 1.165) is 5.56 Å². The lowest BCUT2D eigenvalue weighted by Gasteiger charge is -2.11. The van der Waals surface area contributed by atoms with Gasteiger partial charge in [0.1, 0.15) is 13.2 Å². The standard InChI is InChI=1S/C14H18N2O3.C2HF3O2/c1-2-8-19-13(17)10-16-14(18)12(15)9-11-6-4-3-5-7-11;3-2(4,5)1(6)7/h2-7,12H,1,8-10,15H2,(H,16,18);(H,6,7)/t12-;/m0./s1. The number of hydrogen-bond donors (Lipinski definition) is 3. The Morgan fingerprint density at radius 2 is 1.81 bits per heavy atom. The van der Waals surface area contributed by atoms with Crippen molar-refractivity contribution in [1.29, 1.82) is 0 Å². The van der Waals surface area contributed by atoms with E-state index in [1.807, 2.05) is 30.3 Å². The molecule has 144 valence electrons. The van der Waals surface area contributed by atoms with Crippen LogP contribution in [0.4, 0.5) is 13.2 Å². The van der Waals surface area contributed by atoms with Crippen LogP contribution in [-0.4, -0.2) is 48.3 Å². The fourth-order valence-corrected chi connectivity index (χ4v) is 1.45. The lowest BCUT2D eigenvalue weighted by Crippen LogP contribution is -2.44. The molecule has 0 aromatic heterocycles. The van der Waals surface area contributed by atoms with Gasteiger partial charge in [0.2, 0.25) is 5.91 Å². The summed E-state index contributed by atoms with van der Waals surface area (Å²) in [5.74, 6) is -3.65. The number of nitrogens with two attached hydrogens (primary N) is 1. The Balaban J connectivity index is 0.000000758. The van der Waals surface area contributed by atoms with Gasteiger partial charge < -0.3 is 20.9 Å². The minimum absolute atomic E-state index is 0.130. The minimum Gasteiger partial charge on any atom is -0.475 e. The van der Waals surface area contributed by atoms with Gasteiger partial charge >= 0.3 is 18.1 Å². The number of halogens is 3. The average molecular weight is 376 g/mol. The number of ether oxygens (including phenoxy) is 1. The molecular weight excluding hydrogens is 357 g/mol. The second-order valence-corrected chi connectivity index (χ2v) is 4.79. The molecule has 0 saturated carbocycles. The van der Waals surface area contributed by atoms with Crippen LogP contribution in [-0.2, 0) is 25.5 Å². The first kappa shape index (κ1) is 23.1. The van der Waals surface area contributed by atoms with E-state index in [0.29, 0.717) is 6.42 Å². The molecule has 1 rings (SSSR count). The smallest absolute Gasteiger partial charge is 0.475 e. The Kier molecular flexibility index (Phi) is 10.3. The fourth-order valence-electron chi connectivity index (χ4n) is 1.45. The number of nitrogens with one attached hydrogen (secondary N) is 1. The van der Waals surface area contributed by atoms with Gasteiger partial charge in [-0.2, -0.15) is 13.2 Å². The van der Waals surface area contributed by atoms with Gasteiger partial charge in [0.15, 0.2) is 0 Å². The summed E-state index contributed by atoms with van der Waals surface area (Å²) < 4.78 is 36.5. The van der Waals surface area contributed by atoms with Crippen LogP contribution in [0.1, 0.15) is 5.56 Å². The Labute approximate surface area is 147 Å². The van der Waals surface area contributed by atoms with Gasteiger partial charge in [0, 0.05) is 0 Å². The van der Waals surface area contributed by atoms with Gasteiger partial charge in [-0.15, -0.1) is 0 Å². The molecule has 0 heterocycles. The molecule has 1 aromatic rings. The summed E-state index contributed by atoms with van der Waals surface area (Å²) in [5, 5.41) is 9.56.